The van der Waals surface area contributed by atoms with Crippen molar-refractivity contribution in [2.45, 2.75) is 6.92 Å². The number of aliphatic imine (C=N–C) groups is 1. The van der Waals surface area contributed by atoms with E-state index in [4.69, 9.17) is 5.11 Å². The minimum absolute atomic E-state index is 0.343. The van der Waals surface area contributed by atoms with E-state index >= 15 is 0 Å². The van der Waals surface area contributed by atoms with E-state index in [0.717, 1.165) is 0 Å². The van der Waals surface area contributed by atoms with Crippen molar-refractivity contribution in [2.75, 3.05) is 6.54 Å². The van der Waals surface area contributed by atoms with Gasteiger partial charge in [0.05, 0.1) is 12.1 Å². The van der Waals surface area contributed by atoms with Crippen LogP contribution in [-0.4, -0.2) is 23.3 Å². The number of nitrogens with zero attached hydrogens (tertiary/aromatic N) is 1. The molecule has 0 atom stereocenters. The van der Waals surface area contributed by atoms with Gasteiger partial charge in [-0.1, -0.05) is 0 Å². The van der Waals surface area contributed by atoms with Crippen molar-refractivity contribution in [1.82, 2.24) is 0 Å². The van der Waals surface area contributed by atoms with E-state index in [1.165, 1.54) is 0 Å². The van der Waals surface area contributed by atoms with Gasteiger partial charge in [-0.05, 0) is 13.0 Å². The summed E-state index contributed by atoms with van der Waals surface area (Å²) in [7, 11) is 0. The molecule has 48 valence electrons. The van der Waals surface area contributed by atoms with Crippen molar-refractivity contribution in [2.24, 2.45) is 4.99 Å². The van der Waals surface area contributed by atoms with E-state index in [1.54, 1.807) is 13.0 Å². The zero-order valence-electron chi connectivity index (χ0n) is 5.09. The summed E-state index contributed by atoms with van der Waals surface area (Å²) in [5, 5.41) is 8.43. The molecular weight excluding hydrogens is 118 g/mol. The lowest BCUT2D eigenvalue weighted by Gasteiger charge is -1.90. The molecular formula is C6H7NO2. The lowest BCUT2D eigenvalue weighted by molar-refractivity contribution is -0.132. The Balaban J connectivity index is 2.84. The highest BCUT2D eigenvalue weighted by Crippen LogP contribution is 2.05. The first-order chi connectivity index (χ1) is 4.22. The first kappa shape index (κ1) is 6.01. The smallest absolute Gasteiger partial charge is 0.337 e. The van der Waals surface area contributed by atoms with Gasteiger partial charge in [0.2, 0.25) is 0 Å². The zero-order valence-corrected chi connectivity index (χ0v) is 5.09. The Hall–Kier alpha value is -1.12. The number of hydrogen-bond donors (Lipinski definition) is 1. The van der Waals surface area contributed by atoms with E-state index in [0.29, 0.717) is 17.8 Å². The van der Waals surface area contributed by atoms with Crippen LogP contribution in [0.2, 0.25) is 0 Å². The Kier molecular flexibility index (Phi) is 1.34. The van der Waals surface area contributed by atoms with E-state index in [-0.39, 0.29) is 0 Å². The van der Waals surface area contributed by atoms with Crippen molar-refractivity contribution >= 4 is 11.7 Å². The van der Waals surface area contributed by atoms with Crippen LogP contribution >= 0.6 is 0 Å². The molecule has 1 rings (SSSR count). The molecule has 0 aromatic carbocycles. The number of hydrogen-bond acceptors (Lipinski definition) is 2. The second-order valence-corrected chi connectivity index (χ2v) is 1.85. The zero-order chi connectivity index (χ0) is 6.85. The Labute approximate surface area is 52.7 Å². The Bertz CT molecular complexity index is 203. The highest BCUT2D eigenvalue weighted by molar-refractivity contribution is 6.19. The van der Waals surface area contributed by atoms with Crippen LogP contribution in [0.15, 0.2) is 16.6 Å². The summed E-state index contributed by atoms with van der Waals surface area (Å²) < 4.78 is 0. The molecule has 0 bridgehead atoms. The normalized spacial score (nSPS) is 17.0. The van der Waals surface area contributed by atoms with Gasteiger partial charge in [0.15, 0.2) is 0 Å². The Morgan fingerprint density at radius 1 is 1.89 bits per heavy atom. The second-order valence-electron chi connectivity index (χ2n) is 1.85. The maximum atomic E-state index is 10.3. The van der Waals surface area contributed by atoms with Gasteiger partial charge in [0.25, 0.3) is 0 Å². The fraction of sp³-hybridized carbons (Fsp3) is 0.333. The molecule has 1 heterocycles. The molecule has 1 N–H and O–H groups in total. The summed E-state index contributed by atoms with van der Waals surface area (Å²) >= 11 is 0. The van der Waals surface area contributed by atoms with Gasteiger partial charge in [0.1, 0.15) is 0 Å². The van der Waals surface area contributed by atoms with Crippen molar-refractivity contribution < 1.29 is 9.90 Å². The highest BCUT2D eigenvalue weighted by Gasteiger charge is 2.13. The SMILES string of the molecule is CC1=NCC=C1C(=O)O. The largest absolute Gasteiger partial charge is 0.478 e. The van der Waals surface area contributed by atoms with E-state index in [1.807, 2.05) is 0 Å². The van der Waals surface area contributed by atoms with Crippen LogP contribution in [-0.2, 0) is 4.79 Å². The molecule has 0 fully saturated rings. The lowest BCUT2D eigenvalue weighted by Crippen LogP contribution is -2.05. The maximum Gasteiger partial charge on any atom is 0.337 e. The molecule has 0 amide bonds. The molecule has 0 radical (unpaired) electrons. The minimum Gasteiger partial charge on any atom is -0.478 e. The highest BCUT2D eigenvalue weighted by atomic mass is 16.4. The van der Waals surface area contributed by atoms with Gasteiger partial charge >= 0.3 is 5.97 Å². The average Bonchev–Trinajstić information content (AvgIpc) is 2.13. The first-order valence-corrected chi connectivity index (χ1v) is 2.66. The predicted molar refractivity (Wildman–Crippen MR) is 33.7 cm³/mol. The van der Waals surface area contributed by atoms with Crippen LogP contribution in [0, 0.1) is 0 Å². The standard InChI is InChI=1S/C6H7NO2/c1-4-5(6(8)9)2-3-7-4/h2H,3H2,1H3,(H,8,9). The second kappa shape index (κ2) is 2.01. The molecule has 1 aliphatic heterocycles. The molecule has 3 heteroatoms. The van der Waals surface area contributed by atoms with E-state index in [9.17, 15) is 4.79 Å². The van der Waals surface area contributed by atoms with Gasteiger partial charge in [-0.15, -0.1) is 0 Å². The van der Waals surface area contributed by atoms with Gasteiger partial charge < -0.3 is 5.11 Å². The fourth-order valence-corrected chi connectivity index (χ4v) is 0.749. The number of carboxylic acids is 1. The lowest BCUT2D eigenvalue weighted by atomic mass is 10.2. The summed E-state index contributed by atoms with van der Waals surface area (Å²) in [5.74, 6) is -0.881. The fourth-order valence-electron chi connectivity index (χ4n) is 0.749. The molecule has 0 saturated heterocycles. The maximum absolute atomic E-state index is 10.3. The molecule has 0 aliphatic carbocycles. The van der Waals surface area contributed by atoms with Gasteiger partial charge in [-0.3, -0.25) is 4.99 Å². The van der Waals surface area contributed by atoms with E-state index < -0.39 is 5.97 Å². The molecule has 0 aromatic heterocycles. The number of aliphatic carboxylic acids is 1. The third-order valence-electron chi connectivity index (χ3n) is 1.24. The van der Waals surface area contributed by atoms with Crippen LogP contribution in [0.5, 0.6) is 0 Å². The van der Waals surface area contributed by atoms with Crippen LogP contribution in [0.25, 0.3) is 0 Å². The van der Waals surface area contributed by atoms with Crippen LogP contribution < -0.4 is 0 Å². The number of carbonyl (C=O) groups is 1. The molecule has 0 saturated carbocycles. The molecule has 0 unspecified atom stereocenters. The monoisotopic (exact) mass is 125 g/mol. The van der Waals surface area contributed by atoms with Gasteiger partial charge in [0, 0.05) is 5.71 Å². The number of carboxylic acid groups (broad SMARTS) is 1. The molecule has 3 nitrogen and oxygen atoms in total. The quantitative estimate of drug-likeness (QED) is 0.553. The van der Waals surface area contributed by atoms with Crippen LogP contribution in [0.1, 0.15) is 6.92 Å². The van der Waals surface area contributed by atoms with Crippen molar-refractivity contribution in [1.29, 1.82) is 0 Å². The van der Waals surface area contributed by atoms with Crippen LogP contribution in [0.3, 0.4) is 0 Å². The Morgan fingerprint density at radius 3 is 2.78 bits per heavy atom. The van der Waals surface area contributed by atoms with Gasteiger partial charge in [-0.25, -0.2) is 4.79 Å². The summed E-state index contributed by atoms with van der Waals surface area (Å²) in [4.78, 5) is 14.1. The first-order valence-electron chi connectivity index (χ1n) is 2.66. The minimum atomic E-state index is -0.881. The molecule has 0 aromatic rings. The topological polar surface area (TPSA) is 49.7 Å². The average molecular weight is 125 g/mol. The van der Waals surface area contributed by atoms with Crippen molar-refractivity contribution in [3.8, 4) is 0 Å². The predicted octanol–water partition coefficient (Wildman–Crippen LogP) is 0.472. The molecule has 0 spiro atoms. The summed E-state index contributed by atoms with van der Waals surface area (Å²) in [6, 6.07) is 0. The summed E-state index contributed by atoms with van der Waals surface area (Å²) in [5.41, 5.74) is 0.970. The van der Waals surface area contributed by atoms with Crippen molar-refractivity contribution in [3.05, 3.63) is 11.6 Å². The van der Waals surface area contributed by atoms with Crippen LogP contribution in [0.4, 0.5) is 0 Å². The number of rotatable bonds is 1. The van der Waals surface area contributed by atoms with Gasteiger partial charge in [-0.2, -0.15) is 0 Å². The third-order valence-corrected chi connectivity index (χ3v) is 1.24. The third kappa shape index (κ3) is 0.988. The Morgan fingerprint density at radius 2 is 2.56 bits per heavy atom. The molecule has 9 heavy (non-hydrogen) atoms. The summed E-state index contributed by atoms with van der Waals surface area (Å²) in [6.07, 6.45) is 1.61. The van der Waals surface area contributed by atoms with E-state index in [2.05, 4.69) is 4.99 Å². The summed E-state index contributed by atoms with van der Waals surface area (Å²) in [6.45, 7) is 2.22. The molecule has 1 aliphatic rings. The van der Waals surface area contributed by atoms with Crippen molar-refractivity contribution in [3.63, 3.8) is 0 Å².